The van der Waals surface area contributed by atoms with Crippen molar-refractivity contribution in [3.8, 4) is 5.06 Å². The van der Waals surface area contributed by atoms with Crippen molar-refractivity contribution in [2.75, 3.05) is 5.32 Å². The fourth-order valence-corrected chi connectivity index (χ4v) is 1.31. The fraction of sp³-hybridized carbons (Fsp3) is 0.167. The Morgan fingerprint density at radius 3 is 2.92 bits per heavy atom. The largest absolute Gasteiger partial charge is 0.512 e. The van der Waals surface area contributed by atoms with E-state index in [-0.39, 0.29) is 11.0 Å². The molecule has 0 unspecified atom stereocenters. The number of amides is 1. The summed E-state index contributed by atoms with van der Waals surface area (Å²) >= 11 is 0.943. The number of ether oxygens (including phenoxy) is 1. The fourth-order valence-electron chi connectivity index (χ4n) is 0.601. The van der Waals surface area contributed by atoms with Gasteiger partial charge in [-0.15, -0.1) is 0 Å². The van der Waals surface area contributed by atoms with Crippen LogP contribution in [0.15, 0.2) is 6.20 Å². The van der Waals surface area contributed by atoms with Crippen molar-refractivity contribution in [2.45, 2.75) is 6.92 Å². The normalized spacial score (nSPS) is 9.31. The van der Waals surface area contributed by atoms with Crippen LogP contribution in [0, 0.1) is 0 Å². The van der Waals surface area contributed by atoms with Gasteiger partial charge in [-0.3, -0.25) is 4.79 Å². The van der Waals surface area contributed by atoms with Crippen LogP contribution in [0.3, 0.4) is 0 Å². The lowest BCUT2D eigenvalue weighted by Gasteiger charge is -1.92. The van der Waals surface area contributed by atoms with Crippen molar-refractivity contribution in [1.82, 2.24) is 4.98 Å². The molecule has 0 aliphatic rings. The molecular weight excluding hydrogens is 196 g/mol. The number of carboxylic acid groups (broad SMARTS) is 1. The van der Waals surface area contributed by atoms with Gasteiger partial charge in [0.2, 0.25) is 11.0 Å². The van der Waals surface area contributed by atoms with E-state index in [0.717, 1.165) is 11.3 Å². The highest BCUT2D eigenvalue weighted by atomic mass is 32.1. The lowest BCUT2D eigenvalue weighted by Crippen LogP contribution is -2.04. The van der Waals surface area contributed by atoms with E-state index >= 15 is 0 Å². The lowest BCUT2D eigenvalue weighted by molar-refractivity contribution is -0.114. The van der Waals surface area contributed by atoms with Gasteiger partial charge in [0.15, 0.2) is 5.13 Å². The van der Waals surface area contributed by atoms with Gasteiger partial charge in [0, 0.05) is 6.92 Å². The number of nitrogens with zero attached hydrogens (tertiary/aromatic N) is 1. The molecular formula is C6H6N2O4S. The van der Waals surface area contributed by atoms with Crippen LogP contribution in [0.25, 0.3) is 0 Å². The summed E-state index contributed by atoms with van der Waals surface area (Å²) in [6.45, 7) is 1.33. The van der Waals surface area contributed by atoms with Gasteiger partial charge >= 0.3 is 6.16 Å². The number of hydrogen-bond acceptors (Lipinski definition) is 5. The number of hydrogen-bond donors (Lipinski definition) is 2. The molecule has 13 heavy (non-hydrogen) atoms. The number of rotatable bonds is 2. The van der Waals surface area contributed by atoms with Crippen LogP contribution in [0.2, 0.25) is 0 Å². The first-order valence-corrected chi connectivity index (χ1v) is 4.04. The summed E-state index contributed by atoms with van der Waals surface area (Å²) in [5, 5.41) is 11.1. The summed E-state index contributed by atoms with van der Waals surface area (Å²) in [4.78, 5) is 24.3. The molecule has 0 radical (unpaired) electrons. The van der Waals surface area contributed by atoms with Crippen LogP contribution in [0.5, 0.6) is 5.06 Å². The molecule has 0 fully saturated rings. The molecule has 0 saturated heterocycles. The lowest BCUT2D eigenvalue weighted by atomic mass is 10.7. The van der Waals surface area contributed by atoms with Gasteiger partial charge in [0.1, 0.15) is 0 Å². The quantitative estimate of drug-likeness (QED) is 0.702. The Morgan fingerprint density at radius 2 is 2.38 bits per heavy atom. The number of aromatic nitrogens is 1. The predicted molar refractivity (Wildman–Crippen MR) is 45.1 cm³/mol. The molecule has 0 atom stereocenters. The van der Waals surface area contributed by atoms with Gasteiger partial charge in [0.25, 0.3) is 0 Å². The zero-order chi connectivity index (χ0) is 9.84. The van der Waals surface area contributed by atoms with Crippen LogP contribution in [0.4, 0.5) is 9.93 Å². The van der Waals surface area contributed by atoms with Gasteiger partial charge in [-0.25, -0.2) is 9.78 Å². The van der Waals surface area contributed by atoms with Crippen molar-refractivity contribution in [3.63, 3.8) is 0 Å². The summed E-state index contributed by atoms with van der Waals surface area (Å²) in [7, 11) is 0. The second kappa shape index (κ2) is 3.85. The maximum absolute atomic E-state index is 10.5. The average molecular weight is 202 g/mol. The highest BCUT2D eigenvalue weighted by molar-refractivity contribution is 7.17. The monoisotopic (exact) mass is 202 g/mol. The SMILES string of the molecule is CC(=O)Nc1ncc(OC(=O)O)s1. The smallest absolute Gasteiger partial charge is 0.449 e. The Morgan fingerprint density at radius 1 is 1.69 bits per heavy atom. The Labute approximate surface area is 77.2 Å². The van der Waals surface area contributed by atoms with Crippen LogP contribution >= 0.6 is 11.3 Å². The van der Waals surface area contributed by atoms with E-state index in [2.05, 4.69) is 15.0 Å². The van der Waals surface area contributed by atoms with Crippen molar-refractivity contribution < 1.29 is 19.4 Å². The molecule has 6 nitrogen and oxygen atoms in total. The average Bonchev–Trinajstić information content (AvgIpc) is 2.33. The molecule has 0 aliphatic heterocycles. The minimum absolute atomic E-state index is 0.122. The van der Waals surface area contributed by atoms with Gasteiger partial charge in [0.05, 0.1) is 6.20 Å². The molecule has 0 bridgehead atoms. The molecule has 70 valence electrons. The molecule has 7 heteroatoms. The van der Waals surface area contributed by atoms with E-state index in [1.165, 1.54) is 13.1 Å². The molecule has 0 aliphatic carbocycles. The highest BCUT2D eigenvalue weighted by Gasteiger charge is 2.06. The molecule has 1 rings (SSSR count). The summed E-state index contributed by atoms with van der Waals surface area (Å²) in [6.07, 6.45) is -0.178. The van der Waals surface area contributed by atoms with Gasteiger partial charge < -0.3 is 15.2 Å². The van der Waals surface area contributed by atoms with Crippen molar-refractivity contribution in [3.05, 3.63) is 6.20 Å². The van der Waals surface area contributed by atoms with Crippen molar-refractivity contribution in [2.24, 2.45) is 0 Å². The number of thiazole rings is 1. The number of anilines is 1. The van der Waals surface area contributed by atoms with E-state index < -0.39 is 6.16 Å². The van der Waals surface area contributed by atoms with Gasteiger partial charge in [-0.2, -0.15) is 0 Å². The molecule has 0 saturated carbocycles. The topological polar surface area (TPSA) is 88.5 Å². The molecule has 1 amide bonds. The number of carbonyl (C=O) groups excluding carboxylic acids is 1. The third kappa shape index (κ3) is 3.08. The second-order valence-electron chi connectivity index (χ2n) is 2.03. The van der Waals surface area contributed by atoms with Crippen LogP contribution in [-0.2, 0) is 4.79 Å². The molecule has 0 aromatic carbocycles. The van der Waals surface area contributed by atoms with E-state index in [1.807, 2.05) is 0 Å². The first-order valence-electron chi connectivity index (χ1n) is 3.22. The van der Waals surface area contributed by atoms with Crippen LogP contribution < -0.4 is 10.1 Å². The Bertz CT molecular complexity index is 305. The number of nitrogens with one attached hydrogen (secondary N) is 1. The van der Waals surface area contributed by atoms with E-state index in [0.29, 0.717) is 5.13 Å². The van der Waals surface area contributed by atoms with E-state index in [9.17, 15) is 9.59 Å². The predicted octanol–water partition coefficient (Wildman–Crippen LogP) is 1.16. The Balaban J connectivity index is 2.63. The zero-order valence-electron chi connectivity index (χ0n) is 6.60. The minimum Gasteiger partial charge on any atom is -0.449 e. The van der Waals surface area contributed by atoms with Crippen molar-refractivity contribution in [1.29, 1.82) is 0 Å². The summed E-state index contributed by atoms with van der Waals surface area (Å²) in [6, 6.07) is 0. The summed E-state index contributed by atoms with van der Waals surface area (Å²) < 4.78 is 4.30. The third-order valence-corrected chi connectivity index (χ3v) is 1.75. The zero-order valence-corrected chi connectivity index (χ0v) is 7.42. The molecule has 0 spiro atoms. The number of carbonyl (C=O) groups is 2. The van der Waals surface area contributed by atoms with Gasteiger partial charge in [-0.05, 0) is 0 Å². The van der Waals surface area contributed by atoms with E-state index in [4.69, 9.17) is 5.11 Å². The standard InChI is InChI=1S/C6H6N2O4S/c1-3(9)8-5-7-2-4(13-5)12-6(10)11/h2H,1H3,(H,10,11)(H,7,8,9). The minimum atomic E-state index is -1.40. The molecule has 2 N–H and O–H groups in total. The second-order valence-corrected chi connectivity index (χ2v) is 3.03. The Kier molecular flexibility index (Phi) is 2.80. The van der Waals surface area contributed by atoms with E-state index in [1.54, 1.807) is 0 Å². The van der Waals surface area contributed by atoms with Crippen LogP contribution in [0.1, 0.15) is 6.92 Å². The third-order valence-electron chi connectivity index (χ3n) is 0.955. The van der Waals surface area contributed by atoms with Crippen molar-refractivity contribution >= 4 is 28.5 Å². The van der Waals surface area contributed by atoms with Gasteiger partial charge in [-0.1, -0.05) is 11.3 Å². The molecule has 1 aromatic rings. The molecule has 1 heterocycles. The summed E-state index contributed by atoms with van der Waals surface area (Å²) in [5.41, 5.74) is 0. The first kappa shape index (κ1) is 9.46. The highest BCUT2D eigenvalue weighted by Crippen LogP contribution is 2.25. The Hall–Kier alpha value is -1.63. The maximum Gasteiger partial charge on any atom is 0.512 e. The summed E-state index contributed by atoms with van der Waals surface area (Å²) in [5.74, 6) is -0.267. The van der Waals surface area contributed by atoms with Crippen LogP contribution in [-0.4, -0.2) is 22.2 Å². The maximum atomic E-state index is 10.5. The first-order chi connectivity index (χ1) is 6.08. The molecule has 1 aromatic heterocycles.